The number of carbonyl (C=O) groups is 1. The number of aromatic nitrogens is 2. The van der Waals surface area contributed by atoms with E-state index in [0.29, 0.717) is 31.9 Å². The fourth-order valence-electron chi connectivity index (χ4n) is 1.90. The van der Waals surface area contributed by atoms with Crippen LogP contribution in [0.15, 0.2) is 12.4 Å². The number of hydrogen-bond donors (Lipinski definition) is 3. The molecule has 1 unspecified atom stereocenters. The van der Waals surface area contributed by atoms with Gasteiger partial charge in [-0.05, 0) is 0 Å². The molecule has 1 saturated heterocycles. The smallest absolute Gasteiger partial charge is 0.234 e. The van der Waals surface area contributed by atoms with Gasteiger partial charge >= 0.3 is 0 Å². The molecule has 2 heterocycles. The Morgan fingerprint density at radius 3 is 3.06 bits per heavy atom. The van der Waals surface area contributed by atoms with E-state index >= 15 is 0 Å². The van der Waals surface area contributed by atoms with Crippen molar-refractivity contribution in [3.63, 3.8) is 0 Å². The summed E-state index contributed by atoms with van der Waals surface area (Å²) >= 11 is 0. The number of hydrogen-bond acceptors (Lipinski definition) is 5. The van der Waals surface area contributed by atoms with Crippen molar-refractivity contribution in [2.24, 2.45) is 0 Å². The molecule has 17 heavy (non-hydrogen) atoms. The molecule has 7 nitrogen and oxygen atoms in total. The van der Waals surface area contributed by atoms with Gasteiger partial charge in [-0.2, -0.15) is 5.10 Å². The van der Waals surface area contributed by atoms with Gasteiger partial charge in [-0.25, -0.2) is 0 Å². The summed E-state index contributed by atoms with van der Waals surface area (Å²) in [4.78, 5) is 13.1. The van der Waals surface area contributed by atoms with E-state index < -0.39 is 6.10 Å². The maximum absolute atomic E-state index is 11.1. The standard InChI is InChI=1S/C10H17N5O2/c11-8-3-13-15(4-8)6-9(16)5-14-2-1-12-10(17)7-14/h3-4,9,16H,1-2,5-7,11H2,(H,12,17). The van der Waals surface area contributed by atoms with Gasteiger partial charge in [0.15, 0.2) is 0 Å². The van der Waals surface area contributed by atoms with Gasteiger partial charge in [0, 0.05) is 25.8 Å². The first-order valence-corrected chi connectivity index (χ1v) is 5.58. The van der Waals surface area contributed by atoms with E-state index in [-0.39, 0.29) is 5.91 Å². The van der Waals surface area contributed by atoms with E-state index in [1.807, 2.05) is 4.90 Å². The highest BCUT2D eigenvalue weighted by Crippen LogP contribution is 2.02. The molecule has 94 valence electrons. The van der Waals surface area contributed by atoms with Crippen molar-refractivity contribution < 1.29 is 9.90 Å². The van der Waals surface area contributed by atoms with Gasteiger partial charge in [0.25, 0.3) is 0 Å². The number of aliphatic hydroxyl groups excluding tert-OH is 1. The Kier molecular flexibility index (Phi) is 3.60. The van der Waals surface area contributed by atoms with Crippen LogP contribution in [-0.4, -0.2) is 58.0 Å². The highest BCUT2D eigenvalue weighted by atomic mass is 16.3. The molecule has 0 aliphatic carbocycles. The van der Waals surface area contributed by atoms with Crippen molar-refractivity contribution in [1.82, 2.24) is 20.0 Å². The summed E-state index contributed by atoms with van der Waals surface area (Å²) in [5, 5.41) is 16.6. The molecule has 0 bridgehead atoms. The lowest BCUT2D eigenvalue weighted by Crippen LogP contribution is -2.50. The van der Waals surface area contributed by atoms with Crippen molar-refractivity contribution in [2.75, 3.05) is 31.9 Å². The fraction of sp³-hybridized carbons (Fsp3) is 0.600. The molecule has 0 radical (unpaired) electrons. The largest absolute Gasteiger partial charge is 0.396 e. The average molecular weight is 239 g/mol. The first-order chi connectivity index (χ1) is 8.13. The SMILES string of the molecule is Nc1cnn(CC(O)CN2CCNC(=O)C2)c1. The van der Waals surface area contributed by atoms with Gasteiger partial charge in [0.05, 0.1) is 31.1 Å². The molecular weight excluding hydrogens is 222 g/mol. The maximum Gasteiger partial charge on any atom is 0.234 e. The van der Waals surface area contributed by atoms with Crippen LogP contribution in [0.25, 0.3) is 0 Å². The zero-order valence-corrected chi connectivity index (χ0v) is 9.54. The third-order valence-corrected chi connectivity index (χ3v) is 2.64. The van der Waals surface area contributed by atoms with Crippen LogP contribution >= 0.6 is 0 Å². The van der Waals surface area contributed by atoms with Crippen molar-refractivity contribution >= 4 is 11.6 Å². The average Bonchev–Trinajstić information content (AvgIpc) is 2.63. The van der Waals surface area contributed by atoms with E-state index in [0.717, 1.165) is 6.54 Å². The van der Waals surface area contributed by atoms with Crippen LogP contribution in [0.2, 0.25) is 0 Å². The predicted octanol–water partition coefficient (Wildman–Crippen LogP) is -1.74. The molecule has 1 aromatic heterocycles. The molecule has 2 rings (SSSR count). The Morgan fingerprint density at radius 1 is 1.59 bits per heavy atom. The number of amides is 1. The number of aliphatic hydroxyl groups is 1. The number of nitrogens with zero attached hydrogens (tertiary/aromatic N) is 3. The first kappa shape index (κ1) is 11.9. The molecule has 0 aromatic carbocycles. The van der Waals surface area contributed by atoms with Crippen molar-refractivity contribution in [2.45, 2.75) is 12.6 Å². The van der Waals surface area contributed by atoms with Crippen molar-refractivity contribution in [3.8, 4) is 0 Å². The third kappa shape index (κ3) is 3.43. The van der Waals surface area contributed by atoms with Crippen LogP contribution in [0.4, 0.5) is 5.69 Å². The Labute approximate surface area is 99.2 Å². The molecule has 1 aliphatic rings. The number of nitrogens with two attached hydrogens (primary N) is 1. The normalized spacial score (nSPS) is 19.0. The molecule has 1 aromatic rings. The van der Waals surface area contributed by atoms with Crippen LogP contribution < -0.4 is 11.1 Å². The Bertz CT molecular complexity index is 392. The Hall–Kier alpha value is -1.60. The zero-order valence-electron chi connectivity index (χ0n) is 9.54. The second kappa shape index (κ2) is 5.15. The van der Waals surface area contributed by atoms with E-state index in [1.165, 1.54) is 0 Å². The highest BCUT2D eigenvalue weighted by molar-refractivity contribution is 5.78. The molecule has 0 saturated carbocycles. The predicted molar refractivity (Wildman–Crippen MR) is 62.1 cm³/mol. The molecule has 1 amide bonds. The Morgan fingerprint density at radius 2 is 2.41 bits per heavy atom. The van der Waals surface area contributed by atoms with Gasteiger partial charge in [0.2, 0.25) is 5.91 Å². The monoisotopic (exact) mass is 239 g/mol. The number of rotatable bonds is 4. The van der Waals surface area contributed by atoms with E-state index in [2.05, 4.69) is 10.4 Å². The summed E-state index contributed by atoms with van der Waals surface area (Å²) in [6.07, 6.45) is 2.66. The third-order valence-electron chi connectivity index (χ3n) is 2.64. The number of carbonyl (C=O) groups excluding carboxylic acids is 1. The van der Waals surface area contributed by atoms with Gasteiger partial charge in [0.1, 0.15) is 0 Å². The van der Waals surface area contributed by atoms with E-state index in [1.54, 1.807) is 17.1 Å². The molecule has 1 aliphatic heterocycles. The number of piperazine rings is 1. The van der Waals surface area contributed by atoms with Gasteiger partial charge in [-0.3, -0.25) is 14.4 Å². The van der Waals surface area contributed by atoms with Gasteiger partial charge in [-0.15, -0.1) is 0 Å². The minimum atomic E-state index is -0.555. The van der Waals surface area contributed by atoms with E-state index in [4.69, 9.17) is 5.73 Å². The Balaban J connectivity index is 1.80. The van der Waals surface area contributed by atoms with Gasteiger partial charge in [-0.1, -0.05) is 0 Å². The summed E-state index contributed by atoms with van der Waals surface area (Å²) in [5.41, 5.74) is 6.11. The molecule has 7 heteroatoms. The van der Waals surface area contributed by atoms with Crippen LogP contribution in [-0.2, 0) is 11.3 Å². The van der Waals surface area contributed by atoms with Crippen LogP contribution in [0.5, 0.6) is 0 Å². The number of nitrogen functional groups attached to an aromatic ring is 1. The van der Waals surface area contributed by atoms with Crippen LogP contribution in [0.1, 0.15) is 0 Å². The molecule has 1 atom stereocenters. The number of anilines is 1. The van der Waals surface area contributed by atoms with Crippen LogP contribution in [0, 0.1) is 0 Å². The lowest BCUT2D eigenvalue weighted by molar-refractivity contribution is -0.124. The summed E-state index contributed by atoms with van der Waals surface area (Å²) in [5.74, 6) is 0.00628. The first-order valence-electron chi connectivity index (χ1n) is 5.58. The summed E-state index contributed by atoms with van der Waals surface area (Å²) in [6, 6.07) is 0. The summed E-state index contributed by atoms with van der Waals surface area (Å²) < 4.78 is 1.60. The lowest BCUT2D eigenvalue weighted by atomic mass is 10.3. The minimum absolute atomic E-state index is 0.00628. The molecule has 0 spiro atoms. The molecule has 1 fully saturated rings. The second-order valence-corrected chi connectivity index (χ2v) is 4.23. The number of β-amino-alcohol motifs (C(OH)–C–C–N with tert-alkyl or cyclic N) is 1. The van der Waals surface area contributed by atoms with Crippen molar-refractivity contribution in [1.29, 1.82) is 0 Å². The maximum atomic E-state index is 11.1. The second-order valence-electron chi connectivity index (χ2n) is 4.23. The quantitative estimate of drug-likeness (QED) is 0.579. The summed E-state index contributed by atoms with van der Waals surface area (Å²) in [6.45, 7) is 2.60. The zero-order chi connectivity index (χ0) is 12.3. The molecular formula is C10H17N5O2. The fourth-order valence-corrected chi connectivity index (χ4v) is 1.90. The number of nitrogens with one attached hydrogen (secondary N) is 1. The topological polar surface area (TPSA) is 96.4 Å². The highest BCUT2D eigenvalue weighted by Gasteiger charge is 2.19. The van der Waals surface area contributed by atoms with E-state index in [9.17, 15) is 9.90 Å². The lowest BCUT2D eigenvalue weighted by Gasteiger charge is -2.28. The van der Waals surface area contributed by atoms with Crippen molar-refractivity contribution in [3.05, 3.63) is 12.4 Å². The minimum Gasteiger partial charge on any atom is -0.396 e. The summed E-state index contributed by atoms with van der Waals surface area (Å²) in [7, 11) is 0. The van der Waals surface area contributed by atoms with Crippen LogP contribution in [0.3, 0.4) is 0 Å². The van der Waals surface area contributed by atoms with Gasteiger partial charge < -0.3 is 16.2 Å². The molecule has 4 N–H and O–H groups in total.